The molecule has 110 valence electrons. The molecule has 0 atom stereocenters. The number of anilines is 1. The van der Waals surface area contributed by atoms with Gasteiger partial charge in [0, 0.05) is 14.8 Å². The van der Waals surface area contributed by atoms with E-state index in [0.717, 1.165) is 10.7 Å². The lowest BCUT2D eigenvalue weighted by molar-refractivity contribution is 1.43. The van der Waals surface area contributed by atoms with Gasteiger partial charge in [-0.2, -0.15) is 0 Å². The van der Waals surface area contributed by atoms with Gasteiger partial charge in [-0.05, 0) is 72.4 Å². The predicted octanol–water partition coefficient (Wildman–Crippen LogP) is 6.56. The molecule has 0 saturated heterocycles. The molecule has 3 aromatic rings. The van der Waals surface area contributed by atoms with E-state index in [1.54, 1.807) is 23.9 Å². The summed E-state index contributed by atoms with van der Waals surface area (Å²) in [5, 5.41) is 0.748. The average molecular weight is 344 g/mol. The van der Waals surface area contributed by atoms with Gasteiger partial charge < -0.3 is 0 Å². The van der Waals surface area contributed by atoms with Crippen LogP contribution in [0.2, 0.25) is 5.02 Å². The van der Waals surface area contributed by atoms with Crippen molar-refractivity contribution >= 4 is 41.2 Å². The standard InChI is InChI=1S/C18H14ClNS2/c19-15-11-13-16(14-12-15)20(21-17-7-3-1-4-8-17)22-18-9-5-2-6-10-18/h1-14H. The fourth-order valence-electron chi connectivity index (χ4n) is 1.84. The average Bonchev–Trinajstić information content (AvgIpc) is 2.57. The van der Waals surface area contributed by atoms with Gasteiger partial charge in [0.15, 0.2) is 0 Å². The van der Waals surface area contributed by atoms with E-state index in [4.69, 9.17) is 11.6 Å². The van der Waals surface area contributed by atoms with E-state index in [1.165, 1.54) is 9.79 Å². The molecule has 0 spiro atoms. The number of hydrogen-bond donors (Lipinski definition) is 0. The second kappa shape index (κ2) is 7.63. The van der Waals surface area contributed by atoms with Gasteiger partial charge in [-0.1, -0.05) is 48.0 Å². The van der Waals surface area contributed by atoms with E-state index < -0.39 is 0 Å². The van der Waals surface area contributed by atoms with E-state index in [0.29, 0.717) is 0 Å². The van der Waals surface area contributed by atoms with Crippen LogP contribution in [0.1, 0.15) is 0 Å². The second-order valence-electron chi connectivity index (χ2n) is 4.54. The Kier molecular flexibility index (Phi) is 5.33. The zero-order valence-corrected chi connectivity index (χ0v) is 14.1. The summed E-state index contributed by atoms with van der Waals surface area (Å²) in [6.07, 6.45) is 0. The summed E-state index contributed by atoms with van der Waals surface area (Å²) >= 11 is 9.40. The summed E-state index contributed by atoms with van der Waals surface area (Å²) in [5.74, 6) is 0. The minimum Gasteiger partial charge on any atom is -0.249 e. The van der Waals surface area contributed by atoms with Crippen LogP contribution in [0, 0.1) is 0 Å². The molecule has 0 aliphatic carbocycles. The van der Waals surface area contributed by atoms with Crippen molar-refractivity contribution in [2.24, 2.45) is 0 Å². The highest BCUT2D eigenvalue weighted by molar-refractivity contribution is 8.18. The first-order chi connectivity index (χ1) is 10.8. The van der Waals surface area contributed by atoms with E-state index in [2.05, 4.69) is 52.2 Å². The lowest BCUT2D eigenvalue weighted by Crippen LogP contribution is -2.03. The number of benzene rings is 3. The zero-order chi connectivity index (χ0) is 15.2. The molecule has 1 nitrogen and oxygen atoms in total. The molecule has 0 fully saturated rings. The molecule has 0 N–H and O–H groups in total. The third kappa shape index (κ3) is 4.23. The van der Waals surface area contributed by atoms with Gasteiger partial charge in [-0.25, -0.2) is 3.71 Å². The maximum Gasteiger partial charge on any atom is 0.0602 e. The maximum atomic E-state index is 6.00. The fraction of sp³-hybridized carbons (Fsp3) is 0. The molecule has 3 rings (SSSR count). The van der Waals surface area contributed by atoms with Gasteiger partial charge in [0.2, 0.25) is 0 Å². The van der Waals surface area contributed by atoms with E-state index in [9.17, 15) is 0 Å². The minimum absolute atomic E-state index is 0.748. The Morgan fingerprint density at radius 2 is 1.05 bits per heavy atom. The van der Waals surface area contributed by atoms with Crippen molar-refractivity contribution in [2.45, 2.75) is 9.79 Å². The van der Waals surface area contributed by atoms with Crippen molar-refractivity contribution in [1.29, 1.82) is 0 Å². The molecule has 0 radical (unpaired) electrons. The van der Waals surface area contributed by atoms with Crippen LogP contribution in [0.3, 0.4) is 0 Å². The van der Waals surface area contributed by atoms with Crippen LogP contribution < -0.4 is 3.71 Å². The van der Waals surface area contributed by atoms with Crippen molar-refractivity contribution in [3.63, 3.8) is 0 Å². The number of hydrogen-bond acceptors (Lipinski definition) is 3. The Labute approximate surface area is 144 Å². The van der Waals surface area contributed by atoms with Crippen molar-refractivity contribution in [3.8, 4) is 0 Å². The molecular formula is C18H14ClNS2. The first-order valence-corrected chi connectivity index (χ1v) is 8.75. The van der Waals surface area contributed by atoms with E-state index >= 15 is 0 Å². The van der Waals surface area contributed by atoms with Gasteiger partial charge in [0.1, 0.15) is 0 Å². The zero-order valence-electron chi connectivity index (χ0n) is 11.7. The molecule has 22 heavy (non-hydrogen) atoms. The van der Waals surface area contributed by atoms with Crippen LogP contribution in [0.5, 0.6) is 0 Å². The lowest BCUT2D eigenvalue weighted by Gasteiger charge is -2.22. The number of rotatable bonds is 5. The lowest BCUT2D eigenvalue weighted by atomic mass is 10.3. The summed E-state index contributed by atoms with van der Waals surface area (Å²) < 4.78 is 2.20. The monoisotopic (exact) mass is 343 g/mol. The highest BCUT2D eigenvalue weighted by atomic mass is 35.5. The number of halogens is 1. The normalized spacial score (nSPS) is 10.4. The summed E-state index contributed by atoms with van der Waals surface area (Å²) in [5.41, 5.74) is 1.10. The predicted molar refractivity (Wildman–Crippen MR) is 98.5 cm³/mol. The van der Waals surface area contributed by atoms with Crippen LogP contribution in [-0.4, -0.2) is 0 Å². The van der Waals surface area contributed by atoms with Gasteiger partial charge in [-0.15, -0.1) is 0 Å². The summed E-state index contributed by atoms with van der Waals surface area (Å²) in [6.45, 7) is 0. The Bertz CT molecular complexity index is 661. The van der Waals surface area contributed by atoms with Crippen molar-refractivity contribution in [2.75, 3.05) is 3.71 Å². The Hall–Kier alpha value is -1.55. The molecule has 0 heterocycles. The van der Waals surface area contributed by atoms with Gasteiger partial charge in [-0.3, -0.25) is 0 Å². The van der Waals surface area contributed by atoms with Crippen LogP contribution in [0.25, 0.3) is 0 Å². The van der Waals surface area contributed by atoms with Crippen LogP contribution in [0.4, 0.5) is 5.69 Å². The molecule has 0 aliphatic heterocycles. The minimum atomic E-state index is 0.748. The van der Waals surface area contributed by atoms with Crippen molar-refractivity contribution in [1.82, 2.24) is 0 Å². The van der Waals surface area contributed by atoms with Gasteiger partial charge in [0.25, 0.3) is 0 Å². The van der Waals surface area contributed by atoms with Gasteiger partial charge in [0.05, 0.1) is 5.69 Å². The number of nitrogens with zero attached hydrogens (tertiary/aromatic N) is 1. The first kappa shape index (κ1) is 15.3. The van der Waals surface area contributed by atoms with Crippen LogP contribution >= 0.6 is 35.5 Å². The largest absolute Gasteiger partial charge is 0.249 e. The molecule has 3 aromatic carbocycles. The Balaban J connectivity index is 1.86. The molecule has 4 heteroatoms. The summed E-state index contributed by atoms with van der Waals surface area (Å²) in [4.78, 5) is 2.39. The maximum absolute atomic E-state index is 6.00. The fourth-order valence-corrected chi connectivity index (χ4v) is 4.03. The van der Waals surface area contributed by atoms with Crippen LogP contribution in [0.15, 0.2) is 94.7 Å². The molecule has 0 unspecified atom stereocenters. The second-order valence-corrected chi connectivity index (χ2v) is 7.25. The molecular weight excluding hydrogens is 330 g/mol. The third-order valence-electron chi connectivity index (χ3n) is 2.90. The Morgan fingerprint density at radius 3 is 1.50 bits per heavy atom. The smallest absolute Gasteiger partial charge is 0.0602 e. The highest BCUT2D eigenvalue weighted by Crippen LogP contribution is 2.38. The molecule has 0 aromatic heterocycles. The molecule has 0 bridgehead atoms. The SMILES string of the molecule is Clc1ccc(N(Sc2ccccc2)Sc2ccccc2)cc1. The Morgan fingerprint density at radius 1 is 0.591 bits per heavy atom. The highest BCUT2D eigenvalue weighted by Gasteiger charge is 2.11. The van der Waals surface area contributed by atoms with E-state index in [1.807, 2.05) is 36.4 Å². The summed E-state index contributed by atoms with van der Waals surface area (Å²) in [7, 11) is 0. The topological polar surface area (TPSA) is 3.24 Å². The molecule has 0 saturated carbocycles. The van der Waals surface area contributed by atoms with Crippen molar-refractivity contribution < 1.29 is 0 Å². The van der Waals surface area contributed by atoms with E-state index in [-0.39, 0.29) is 0 Å². The molecule has 0 aliphatic rings. The van der Waals surface area contributed by atoms with Gasteiger partial charge >= 0.3 is 0 Å². The van der Waals surface area contributed by atoms with Crippen LogP contribution in [-0.2, 0) is 0 Å². The van der Waals surface area contributed by atoms with Crippen molar-refractivity contribution in [3.05, 3.63) is 90.0 Å². The molecule has 0 amide bonds. The summed E-state index contributed by atoms with van der Waals surface area (Å²) in [6, 6.07) is 28.6. The first-order valence-electron chi connectivity index (χ1n) is 6.83. The quantitative estimate of drug-likeness (QED) is 0.483. The third-order valence-corrected chi connectivity index (χ3v) is 5.32.